The van der Waals surface area contributed by atoms with Crippen LogP contribution in [-0.4, -0.2) is 19.8 Å². The Bertz CT molecular complexity index is 661. The van der Waals surface area contributed by atoms with E-state index in [0.717, 1.165) is 5.56 Å². The summed E-state index contributed by atoms with van der Waals surface area (Å²) in [6, 6.07) is 9.19. The third-order valence-electron chi connectivity index (χ3n) is 3.45. The van der Waals surface area contributed by atoms with Gasteiger partial charge in [0.2, 0.25) is 0 Å². The smallest absolute Gasteiger partial charge is 0.167 e. The quantitative estimate of drug-likeness (QED) is 0.936. The van der Waals surface area contributed by atoms with E-state index in [1.165, 1.54) is 25.3 Å². The van der Waals surface area contributed by atoms with Crippen LogP contribution in [0, 0.1) is 11.6 Å². The minimum absolute atomic E-state index is 0.0908. The third-order valence-corrected chi connectivity index (χ3v) is 3.45. The van der Waals surface area contributed by atoms with E-state index in [2.05, 4.69) is 5.32 Å². The second-order valence-electron chi connectivity index (χ2n) is 4.93. The van der Waals surface area contributed by atoms with Crippen LogP contribution in [0.3, 0.4) is 0 Å². The van der Waals surface area contributed by atoms with Gasteiger partial charge in [0.25, 0.3) is 0 Å². The average molecular weight is 291 g/mol. The zero-order chi connectivity index (χ0) is 14.8. The van der Waals surface area contributed by atoms with Crippen molar-refractivity contribution >= 4 is 5.69 Å². The van der Waals surface area contributed by atoms with Gasteiger partial charge < -0.3 is 14.8 Å². The highest BCUT2D eigenvalue weighted by Gasteiger charge is 2.23. The maximum Gasteiger partial charge on any atom is 0.167 e. The zero-order valence-electron chi connectivity index (χ0n) is 11.5. The van der Waals surface area contributed by atoms with E-state index >= 15 is 0 Å². The van der Waals surface area contributed by atoms with Crippen molar-refractivity contribution in [2.75, 3.05) is 19.0 Å². The second kappa shape index (κ2) is 5.60. The van der Waals surface area contributed by atoms with Crippen LogP contribution in [0.5, 0.6) is 11.5 Å². The van der Waals surface area contributed by atoms with E-state index in [1.807, 2.05) is 0 Å². The first-order valence-corrected chi connectivity index (χ1v) is 6.68. The number of halogens is 2. The van der Waals surface area contributed by atoms with Crippen molar-refractivity contribution < 1.29 is 18.3 Å². The Morgan fingerprint density at radius 3 is 2.86 bits per heavy atom. The lowest BCUT2D eigenvalue weighted by Crippen LogP contribution is -2.23. The average Bonchev–Trinajstić information content (AvgIpc) is 2.87. The largest absolute Gasteiger partial charge is 0.494 e. The SMILES string of the molecule is COc1ccc(NCC2Cc3cc(F)ccc3O2)cc1F. The van der Waals surface area contributed by atoms with E-state index in [0.29, 0.717) is 24.4 Å². The first-order valence-electron chi connectivity index (χ1n) is 6.68. The van der Waals surface area contributed by atoms with Gasteiger partial charge in [-0.25, -0.2) is 8.78 Å². The number of anilines is 1. The van der Waals surface area contributed by atoms with Gasteiger partial charge in [-0.1, -0.05) is 0 Å². The van der Waals surface area contributed by atoms with Gasteiger partial charge in [-0.2, -0.15) is 0 Å². The lowest BCUT2D eigenvalue weighted by atomic mass is 10.1. The van der Waals surface area contributed by atoms with E-state index in [9.17, 15) is 8.78 Å². The maximum absolute atomic E-state index is 13.6. The molecule has 0 saturated heterocycles. The number of nitrogens with one attached hydrogen (secondary N) is 1. The molecule has 0 aromatic heterocycles. The highest BCUT2D eigenvalue weighted by atomic mass is 19.1. The summed E-state index contributed by atoms with van der Waals surface area (Å²) in [5, 5.41) is 3.11. The topological polar surface area (TPSA) is 30.5 Å². The van der Waals surface area contributed by atoms with Crippen LogP contribution < -0.4 is 14.8 Å². The molecular formula is C16H15F2NO2. The molecule has 0 fully saturated rings. The number of benzene rings is 2. The van der Waals surface area contributed by atoms with E-state index in [1.54, 1.807) is 18.2 Å². The number of hydrogen-bond donors (Lipinski definition) is 1. The van der Waals surface area contributed by atoms with Crippen molar-refractivity contribution in [1.29, 1.82) is 0 Å². The Balaban J connectivity index is 1.61. The standard InChI is InChI=1S/C16H15F2NO2/c1-20-16-5-3-12(8-14(16)18)19-9-13-7-10-6-11(17)2-4-15(10)21-13/h2-6,8,13,19H,7,9H2,1H3. The number of ether oxygens (including phenoxy) is 2. The van der Waals surface area contributed by atoms with Gasteiger partial charge in [0.1, 0.15) is 17.7 Å². The summed E-state index contributed by atoms with van der Waals surface area (Å²) >= 11 is 0. The molecule has 0 amide bonds. The molecule has 1 heterocycles. The van der Waals surface area contributed by atoms with Crippen molar-refractivity contribution in [1.82, 2.24) is 0 Å². The van der Waals surface area contributed by atoms with Crippen molar-refractivity contribution in [3.8, 4) is 11.5 Å². The number of rotatable bonds is 4. The van der Waals surface area contributed by atoms with E-state index in [-0.39, 0.29) is 17.7 Å². The Kier molecular flexibility index (Phi) is 3.64. The monoisotopic (exact) mass is 291 g/mol. The van der Waals surface area contributed by atoms with Crippen molar-refractivity contribution in [3.63, 3.8) is 0 Å². The molecule has 3 rings (SSSR count). The number of methoxy groups -OCH3 is 1. The van der Waals surface area contributed by atoms with Crippen LogP contribution in [0.4, 0.5) is 14.5 Å². The molecule has 0 aliphatic carbocycles. The molecule has 0 bridgehead atoms. The molecule has 3 nitrogen and oxygen atoms in total. The van der Waals surface area contributed by atoms with Crippen LogP contribution in [0.2, 0.25) is 0 Å². The van der Waals surface area contributed by atoms with Crippen molar-refractivity contribution in [2.45, 2.75) is 12.5 Å². The van der Waals surface area contributed by atoms with Crippen LogP contribution in [0.15, 0.2) is 36.4 Å². The molecule has 1 aliphatic rings. The van der Waals surface area contributed by atoms with Gasteiger partial charge in [0.15, 0.2) is 11.6 Å². The molecule has 2 aromatic carbocycles. The lowest BCUT2D eigenvalue weighted by Gasteiger charge is -2.13. The maximum atomic E-state index is 13.6. The van der Waals surface area contributed by atoms with E-state index < -0.39 is 5.82 Å². The fourth-order valence-corrected chi connectivity index (χ4v) is 2.41. The summed E-state index contributed by atoms with van der Waals surface area (Å²) in [7, 11) is 1.42. The lowest BCUT2D eigenvalue weighted by molar-refractivity contribution is 0.246. The summed E-state index contributed by atoms with van der Waals surface area (Å²) in [4.78, 5) is 0. The first-order chi connectivity index (χ1) is 10.2. The van der Waals surface area contributed by atoms with Crippen LogP contribution in [0.25, 0.3) is 0 Å². The normalized spacial score (nSPS) is 16.2. The Morgan fingerprint density at radius 2 is 2.10 bits per heavy atom. The molecule has 5 heteroatoms. The predicted molar refractivity (Wildman–Crippen MR) is 76.0 cm³/mol. The summed E-state index contributed by atoms with van der Waals surface area (Å²) < 4.78 is 37.3. The van der Waals surface area contributed by atoms with Gasteiger partial charge in [0, 0.05) is 23.7 Å². The highest BCUT2D eigenvalue weighted by molar-refractivity contribution is 5.48. The van der Waals surface area contributed by atoms with Crippen LogP contribution >= 0.6 is 0 Å². The number of fused-ring (bicyclic) bond motifs is 1. The van der Waals surface area contributed by atoms with E-state index in [4.69, 9.17) is 9.47 Å². The summed E-state index contributed by atoms with van der Waals surface area (Å²) in [5.74, 6) is 0.244. The molecule has 1 aliphatic heterocycles. The highest BCUT2D eigenvalue weighted by Crippen LogP contribution is 2.29. The van der Waals surface area contributed by atoms with Crippen LogP contribution in [-0.2, 0) is 6.42 Å². The molecule has 0 radical (unpaired) electrons. The fourth-order valence-electron chi connectivity index (χ4n) is 2.41. The fraction of sp³-hybridized carbons (Fsp3) is 0.250. The molecule has 1 N–H and O–H groups in total. The molecule has 110 valence electrons. The molecular weight excluding hydrogens is 276 g/mol. The first kappa shape index (κ1) is 13.7. The number of hydrogen-bond acceptors (Lipinski definition) is 3. The van der Waals surface area contributed by atoms with Crippen molar-refractivity contribution in [3.05, 3.63) is 53.6 Å². The zero-order valence-corrected chi connectivity index (χ0v) is 11.5. The molecule has 1 unspecified atom stereocenters. The molecule has 2 aromatic rings. The Morgan fingerprint density at radius 1 is 1.24 bits per heavy atom. The molecule has 0 saturated carbocycles. The summed E-state index contributed by atoms with van der Waals surface area (Å²) in [5.41, 5.74) is 1.52. The van der Waals surface area contributed by atoms with Gasteiger partial charge in [-0.05, 0) is 30.3 Å². The van der Waals surface area contributed by atoms with Gasteiger partial charge in [0.05, 0.1) is 13.7 Å². The molecule has 21 heavy (non-hydrogen) atoms. The molecule has 1 atom stereocenters. The van der Waals surface area contributed by atoms with Gasteiger partial charge in [-0.3, -0.25) is 0 Å². The van der Waals surface area contributed by atoms with Crippen LogP contribution in [0.1, 0.15) is 5.56 Å². The third kappa shape index (κ3) is 2.91. The Hall–Kier alpha value is -2.30. The van der Waals surface area contributed by atoms with Crippen molar-refractivity contribution in [2.24, 2.45) is 0 Å². The van der Waals surface area contributed by atoms with Gasteiger partial charge >= 0.3 is 0 Å². The minimum Gasteiger partial charge on any atom is -0.494 e. The van der Waals surface area contributed by atoms with Gasteiger partial charge in [-0.15, -0.1) is 0 Å². The summed E-state index contributed by atoms with van der Waals surface area (Å²) in [6.07, 6.45) is 0.547. The summed E-state index contributed by atoms with van der Waals surface area (Å²) in [6.45, 7) is 0.516. The minimum atomic E-state index is -0.416. The second-order valence-corrected chi connectivity index (χ2v) is 4.93. The molecule has 0 spiro atoms. The predicted octanol–water partition coefficient (Wildman–Crippen LogP) is 3.39. The Labute approximate surface area is 121 Å².